The summed E-state index contributed by atoms with van der Waals surface area (Å²) in [6, 6.07) is 1.53. The van der Waals surface area contributed by atoms with Gasteiger partial charge in [-0.25, -0.2) is 4.98 Å². The maximum absolute atomic E-state index is 9.89. The zero-order chi connectivity index (χ0) is 12.1. The quantitative estimate of drug-likeness (QED) is 0.704. The molecule has 0 saturated carbocycles. The summed E-state index contributed by atoms with van der Waals surface area (Å²) in [5, 5.41) is 19.9. The Morgan fingerprint density at radius 1 is 1.56 bits per heavy atom. The van der Waals surface area contributed by atoms with Crippen LogP contribution in [0.15, 0.2) is 12.3 Å². The van der Waals surface area contributed by atoms with Crippen LogP contribution in [0.25, 0.3) is 0 Å². The van der Waals surface area contributed by atoms with E-state index in [4.69, 9.17) is 16.3 Å². The molecule has 0 radical (unpaired) electrons. The molecule has 1 heterocycles. The van der Waals surface area contributed by atoms with Crippen LogP contribution in [0.5, 0.6) is 5.88 Å². The maximum Gasteiger partial charge on any atom is 0.219 e. The minimum atomic E-state index is -1.08. The van der Waals surface area contributed by atoms with Gasteiger partial charge in [0.2, 0.25) is 5.88 Å². The molecule has 0 aliphatic rings. The van der Waals surface area contributed by atoms with Crippen LogP contribution in [0.3, 0.4) is 0 Å². The number of hydrogen-bond donors (Lipinski definition) is 3. The molecular formula is C10H14ClNO3S. The number of aliphatic hydroxyl groups excluding tert-OH is 2. The molecule has 4 nitrogen and oxygen atoms in total. The van der Waals surface area contributed by atoms with E-state index in [9.17, 15) is 10.2 Å². The summed E-state index contributed by atoms with van der Waals surface area (Å²) >= 11 is 9.77. The van der Waals surface area contributed by atoms with E-state index < -0.39 is 12.2 Å². The number of methoxy groups -OCH3 is 1. The lowest BCUT2D eigenvalue weighted by atomic mass is 10.0. The van der Waals surface area contributed by atoms with Crippen LogP contribution in [-0.4, -0.2) is 34.2 Å². The minimum Gasteiger partial charge on any atom is -0.481 e. The number of aromatic nitrogens is 1. The molecule has 6 heteroatoms. The fourth-order valence-electron chi connectivity index (χ4n) is 1.32. The first-order valence-corrected chi connectivity index (χ1v) is 5.77. The van der Waals surface area contributed by atoms with Gasteiger partial charge in [0.15, 0.2) is 0 Å². The number of thiol groups is 1. The van der Waals surface area contributed by atoms with Crippen LogP contribution in [0.2, 0.25) is 5.02 Å². The fourth-order valence-corrected chi connectivity index (χ4v) is 1.75. The summed E-state index contributed by atoms with van der Waals surface area (Å²) in [5.74, 6) is 0.740. The Labute approximate surface area is 105 Å². The van der Waals surface area contributed by atoms with Gasteiger partial charge in [0.1, 0.15) is 6.10 Å². The molecule has 0 bridgehead atoms. The molecule has 2 unspecified atom stereocenters. The first kappa shape index (κ1) is 13.6. The van der Waals surface area contributed by atoms with Gasteiger partial charge < -0.3 is 14.9 Å². The van der Waals surface area contributed by atoms with E-state index in [0.717, 1.165) is 0 Å². The minimum absolute atomic E-state index is 0.259. The van der Waals surface area contributed by atoms with Gasteiger partial charge >= 0.3 is 0 Å². The third kappa shape index (κ3) is 3.25. The highest BCUT2D eigenvalue weighted by atomic mass is 35.5. The Morgan fingerprint density at radius 3 is 2.81 bits per heavy atom. The van der Waals surface area contributed by atoms with Gasteiger partial charge in [-0.1, -0.05) is 11.6 Å². The lowest BCUT2D eigenvalue weighted by molar-refractivity contribution is 0.0155. The average Bonchev–Trinajstić information content (AvgIpc) is 2.28. The molecule has 1 aromatic heterocycles. The number of halogens is 1. The van der Waals surface area contributed by atoms with Crippen LogP contribution in [0, 0.1) is 0 Å². The topological polar surface area (TPSA) is 62.6 Å². The first-order chi connectivity index (χ1) is 7.60. The molecule has 90 valence electrons. The molecule has 1 rings (SSSR count). The normalized spacial score (nSPS) is 14.6. The number of hydrogen-bond acceptors (Lipinski definition) is 5. The van der Waals surface area contributed by atoms with Crippen molar-refractivity contribution in [3.8, 4) is 5.88 Å². The van der Waals surface area contributed by atoms with Crippen molar-refractivity contribution in [2.45, 2.75) is 18.6 Å². The highest BCUT2D eigenvalue weighted by Crippen LogP contribution is 2.28. The molecule has 0 aliphatic carbocycles. The van der Waals surface area contributed by atoms with Crippen LogP contribution in [0.4, 0.5) is 0 Å². The second-order valence-electron chi connectivity index (χ2n) is 3.28. The predicted octanol–water partition coefficient (Wildman–Crippen LogP) is 1.46. The summed E-state index contributed by atoms with van der Waals surface area (Å²) in [6.07, 6.45) is -0.193. The molecule has 0 saturated heterocycles. The zero-order valence-electron chi connectivity index (χ0n) is 8.80. The molecule has 1 aromatic rings. The lowest BCUT2D eigenvalue weighted by Gasteiger charge is -2.19. The molecule has 2 N–H and O–H groups in total. The summed E-state index contributed by atoms with van der Waals surface area (Å²) in [6.45, 7) is 0. The molecule has 2 atom stereocenters. The van der Waals surface area contributed by atoms with Crippen molar-refractivity contribution >= 4 is 24.2 Å². The Balaban J connectivity index is 2.96. The van der Waals surface area contributed by atoms with Gasteiger partial charge in [-0.15, -0.1) is 0 Å². The van der Waals surface area contributed by atoms with Crippen molar-refractivity contribution in [1.82, 2.24) is 4.98 Å². The van der Waals surface area contributed by atoms with Crippen molar-refractivity contribution in [3.63, 3.8) is 0 Å². The van der Waals surface area contributed by atoms with E-state index in [1.165, 1.54) is 19.4 Å². The number of aliphatic hydroxyl groups is 2. The van der Waals surface area contributed by atoms with E-state index in [1.807, 2.05) is 0 Å². The fraction of sp³-hybridized carbons (Fsp3) is 0.500. The second kappa shape index (κ2) is 6.30. The Kier molecular flexibility index (Phi) is 5.34. The Bertz CT molecular complexity index is 351. The summed E-state index contributed by atoms with van der Waals surface area (Å²) in [4.78, 5) is 3.92. The number of rotatable bonds is 5. The maximum atomic E-state index is 9.89. The number of ether oxygens (including phenoxy) is 1. The molecule has 0 fully saturated rings. The first-order valence-electron chi connectivity index (χ1n) is 4.76. The van der Waals surface area contributed by atoms with Gasteiger partial charge in [0.05, 0.1) is 18.2 Å². The van der Waals surface area contributed by atoms with E-state index >= 15 is 0 Å². The smallest absolute Gasteiger partial charge is 0.219 e. The number of nitrogens with zero attached hydrogens (tertiary/aromatic N) is 1. The number of pyridine rings is 1. The van der Waals surface area contributed by atoms with Crippen LogP contribution >= 0.6 is 24.2 Å². The van der Waals surface area contributed by atoms with E-state index in [1.54, 1.807) is 0 Å². The van der Waals surface area contributed by atoms with Gasteiger partial charge in [-0.05, 0) is 18.2 Å². The molecule has 16 heavy (non-hydrogen) atoms. The van der Waals surface area contributed by atoms with Crippen molar-refractivity contribution in [1.29, 1.82) is 0 Å². The van der Waals surface area contributed by atoms with E-state index in [-0.39, 0.29) is 5.88 Å². The van der Waals surface area contributed by atoms with Gasteiger partial charge in [0, 0.05) is 11.8 Å². The summed E-state index contributed by atoms with van der Waals surface area (Å²) in [7, 11) is 1.44. The van der Waals surface area contributed by atoms with Crippen molar-refractivity contribution < 1.29 is 14.9 Å². The predicted molar refractivity (Wildman–Crippen MR) is 65.2 cm³/mol. The molecule has 0 aromatic carbocycles. The highest BCUT2D eigenvalue weighted by molar-refractivity contribution is 7.80. The SMILES string of the molecule is COc1ncc(Cl)cc1C(O)C(O)CCS. The lowest BCUT2D eigenvalue weighted by Crippen LogP contribution is -2.19. The monoisotopic (exact) mass is 263 g/mol. The highest BCUT2D eigenvalue weighted by Gasteiger charge is 2.22. The molecule has 0 aliphatic heterocycles. The third-order valence-electron chi connectivity index (χ3n) is 2.15. The van der Waals surface area contributed by atoms with Gasteiger partial charge in [-0.3, -0.25) is 0 Å². The van der Waals surface area contributed by atoms with Crippen molar-refractivity contribution in [3.05, 3.63) is 22.8 Å². The largest absolute Gasteiger partial charge is 0.481 e. The Hall–Kier alpha value is -0.490. The average molecular weight is 264 g/mol. The van der Waals surface area contributed by atoms with Gasteiger partial charge in [-0.2, -0.15) is 12.6 Å². The molecule has 0 spiro atoms. The second-order valence-corrected chi connectivity index (χ2v) is 4.16. The standard InChI is InChI=1S/C10H14ClNO3S/c1-15-10-7(4-6(11)5-12-10)9(14)8(13)2-3-16/h4-5,8-9,13-14,16H,2-3H2,1H3. The van der Waals surface area contributed by atoms with Crippen LogP contribution in [-0.2, 0) is 0 Å². The van der Waals surface area contributed by atoms with Crippen molar-refractivity contribution in [2.24, 2.45) is 0 Å². The summed E-state index contributed by atoms with van der Waals surface area (Å²) in [5.41, 5.74) is 0.379. The molecular weight excluding hydrogens is 250 g/mol. The summed E-state index contributed by atoms with van der Waals surface area (Å²) < 4.78 is 4.99. The van der Waals surface area contributed by atoms with Crippen LogP contribution in [0.1, 0.15) is 18.1 Å². The van der Waals surface area contributed by atoms with E-state index in [0.29, 0.717) is 22.8 Å². The Morgan fingerprint density at radius 2 is 2.25 bits per heavy atom. The van der Waals surface area contributed by atoms with Crippen molar-refractivity contribution in [2.75, 3.05) is 12.9 Å². The molecule has 0 amide bonds. The zero-order valence-corrected chi connectivity index (χ0v) is 10.4. The third-order valence-corrected chi connectivity index (χ3v) is 2.61. The van der Waals surface area contributed by atoms with E-state index in [2.05, 4.69) is 17.6 Å². The van der Waals surface area contributed by atoms with Crippen LogP contribution < -0.4 is 4.74 Å². The van der Waals surface area contributed by atoms with Gasteiger partial charge in [0.25, 0.3) is 0 Å².